The molecule has 2 aliphatic heterocycles. The number of carbonyl (C=O) groups excluding carboxylic acids is 1. The van der Waals surface area contributed by atoms with E-state index in [0.717, 1.165) is 26.1 Å². The highest BCUT2D eigenvalue weighted by Crippen LogP contribution is 2.32. The summed E-state index contributed by atoms with van der Waals surface area (Å²) in [4.78, 5) is 14.1. The highest BCUT2D eigenvalue weighted by atomic mass is 16.1. The van der Waals surface area contributed by atoms with E-state index in [1.807, 2.05) is 0 Å². The van der Waals surface area contributed by atoms with Crippen molar-refractivity contribution in [3.8, 4) is 0 Å². The molecule has 2 fully saturated rings. The molecule has 2 N–H and O–H groups in total. The van der Waals surface area contributed by atoms with Gasteiger partial charge in [0.15, 0.2) is 0 Å². The Bertz CT molecular complexity index is 270. The zero-order valence-electron chi connectivity index (χ0n) is 11.7. The summed E-state index contributed by atoms with van der Waals surface area (Å²) < 4.78 is 0. The molecule has 2 aliphatic rings. The summed E-state index contributed by atoms with van der Waals surface area (Å²) in [7, 11) is 2.08. The van der Waals surface area contributed by atoms with Gasteiger partial charge in [-0.15, -0.1) is 0 Å². The van der Waals surface area contributed by atoms with Crippen molar-refractivity contribution < 1.29 is 4.79 Å². The van der Waals surface area contributed by atoms with E-state index in [1.54, 1.807) is 0 Å². The lowest BCUT2D eigenvalue weighted by molar-refractivity contribution is -0.122. The molecule has 2 rings (SSSR count). The van der Waals surface area contributed by atoms with Crippen molar-refractivity contribution in [2.24, 2.45) is 5.92 Å². The predicted molar refractivity (Wildman–Crippen MR) is 73.5 cm³/mol. The molecule has 0 saturated carbocycles. The van der Waals surface area contributed by atoms with Crippen LogP contribution in [0.1, 0.15) is 39.0 Å². The third kappa shape index (κ3) is 3.95. The van der Waals surface area contributed by atoms with Crippen molar-refractivity contribution in [1.29, 1.82) is 0 Å². The Labute approximate surface area is 110 Å². The lowest BCUT2D eigenvalue weighted by atomic mass is 9.89. The molecule has 2 heterocycles. The van der Waals surface area contributed by atoms with Gasteiger partial charge in [-0.05, 0) is 45.2 Å². The normalized spacial score (nSPS) is 30.7. The molecule has 2 unspecified atom stereocenters. The second-order valence-electron chi connectivity index (χ2n) is 5.93. The lowest BCUT2D eigenvalue weighted by Gasteiger charge is -2.28. The van der Waals surface area contributed by atoms with E-state index in [2.05, 4.69) is 29.5 Å². The average Bonchev–Trinajstić information content (AvgIpc) is 2.68. The van der Waals surface area contributed by atoms with Crippen LogP contribution in [0.15, 0.2) is 0 Å². The molecule has 0 aromatic rings. The van der Waals surface area contributed by atoms with E-state index in [4.69, 9.17) is 0 Å². The summed E-state index contributed by atoms with van der Waals surface area (Å²) in [5.74, 6) is 0.846. The van der Waals surface area contributed by atoms with Crippen LogP contribution in [-0.2, 0) is 4.79 Å². The molecule has 2 bridgehead atoms. The smallest absolute Gasteiger partial charge is 0.220 e. The van der Waals surface area contributed by atoms with Crippen molar-refractivity contribution >= 4 is 5.91 Å². The van der Waals surface area contributed by atoms with Crippen molar-refractivity contribution in [2.45, 2.75) is 51.1 Å². The third-order valence-corrected chi connectivity index (χ3v) is 4.40. The summed E-state index contributed by atoms with van der Waals surface area (Å²) in [6, 6.07) is 1.38. The first-order chi connectivity index (χ1) is 8.67. The van der Waals surface area contributed by atoms with Crippen LogP contribution in [0.4, 0.5) is 0 Å². The minimum Gasteiger partial charge on any atom is -0.355 e. The first kappa shape index (κ1) is 13.8. The number of amides is 1. The van der Waals surface area contributed by atoms with Gasteiger partial charge >= 0.3 is 0 Å². The molecule has 2 atom stereocenters. The Morgan fingerprint density at radius 1 is 1.33 bits per heavy atom. The second kappa shape index (κ2) is 6.53. The highest BCUT2D eigenvalue weighted by molar-refractivity contribution is 5.76. The number of hydrogen-bond acceptors (Lipinski definition) is 3. The predicted octanol–water partition coefficient (Wildman–Crippen LogP) is 0.975. The standard InChI is InChI=1S/C14H27N3O/c1-3-17(2)7-6-15-14(18)10-11-8-12-4-5-13(9-11)16-12/h11-13,16H,3-10H2,1-2H3,(H,15,18). The number of fused-ring (bicyclic) bond motifs is 2. The Morgan fingerprint density at radius 3 is 2.61 bits per heavy atom. The van der Waals surface area contributed by atoms with Crippen molar-refractivity contribution in [3.05, 3.63) is 0 Å². The van der Waals surface area contributed by atoms with Crippen LogP contribution >= 0.6 is 0 Å². The maximum Gasteiger partial charge on any atom is 0.220 e. The van der Waals surface area contributed by atoms with Gasteiger partial charge in [0.25, 0.3) is 0 Å². The number of nitrogens with one attached hydrogen (secondary N) is 2. The van der Waals surface area contributed by atoms with Gasteiger partial charge in [0.1, 0.15) is 0 Å². The second-order valence-corrected chi connectivity index (χ2v) is 5.93. The van der Waals surface area contributed by atoms with E-state index < -0.39 is 0 Å². The number of hydrogen-bond donors (Lipinski definition) is 2. The van der Waals surface area contributed by atoms with Crippen LogP contribution < -0.4 is 10.6 Å². The summed E-state index contributed by atoms with van der Waals surface area (Å²) in [6.07, 6.45) is 5.73. The van der Waals surface area contributed by atoms with Crippen LogP contribution in [0.2, 0.25) is 0 Å². The molecule has 18 heavy (non-hydrogen) atoms. The minimum atomic E-state index is 0.241. The topological polar surface area (TPSA) is 44.4 Å². The summed E-state index contributed by atoms with van der Waals surface area (Å²) >= 11 is 0. The van der Waals surface area contributed by atoms with E-state index in [9.17, 15) is 4.79 Å². The Hall–Kier alpha value is -0.610. The summed E-state index contributed by atoms with van der Waals surface area (Å²) in [5, 5.41) is 6.67. The molecule has 1 amide bonds. The maximum atomic E-state index is 11.9. The average molecular weight is 253 g/mol. The number of carbonyl (C=O) groups is 1. The zero-order valence-corrected chi connectivity index (χ0v) is 11.7. The number of piperidine rings is 1. The minimum absolute atomic E-state index is 0.241. The van der Waals surface area contributed by atoms with E-state index >= 15 is 0 Å². The van der Waals surface area contributed by atoms with E-state index in [1.165, 1.54) is 25.7 Å². The first-order valence-electron chi connectivity index (χ1n) is 7.38. The van der Waals surface area contributed by atoms with Gasteiger partial charge in [0.05, 0.1) is 0 Å². The molecule has 0 aliphatic carbocycles. The van der Waals surface area contributed by atoms with Gasteiger partial charge in [-0.3, -0.25) is 4.79 Å². The van der Waals surface area contributed by atoms with Crippen LogP contribution in [-0.4, -0.2) is 49.6 Å². The van der Waals surface area contributed by atoms with Crippen molar-refractivity contribution in [2.75, 3.05) is 26.7 Å². The van der Waals surface area contributed by atoms with Crippen LogP contribution in [0.25, 0.3) is 0 Å². The van der Waals surface area contributed by atoms with Crippen molar-refractivity contribution in [1.82, 2.24) is 15.5 Å². The number of likely N-dealkylation sites (N-methyl/N-ethyl adjacent to an activating group) is 1. The molecule has 0 aromatic carbocycles. The Kier molecular flexibility index (Phi) is 5.01. The van der Waals surface area contributed by atoms with Crippen LogP contribution in [0.5, 0.6) is 0 Å². The molecule has 2 saturated heterocycles. The van der Waals surface area contributed by atoms with Crippen LogP contribution in [0, 0.1) is 5.92 Å². The van der Waals surface area contributed by atoms with Gasteiger partial charge in [0.2, 0.25) is 5.91 Å². The number of rotatable bonds is 6. The first-order valence-corrected chi connectivity index (χ1v) is 7.38. The van der Waals surface area contributed by atoms with Crippen molar-refractivity contribution in [3.63, 3.8) is 0 Å². The molecule has 104 valence electrons. The highest BCUT2D eigenvalue weighted by Gasteiger charge is 2.33. The van der Waals surface area contributed by atoms with Gasteiger partial charge in [-0.2, -0.15) is 0 Å². The third-order valence-electron chi connectivity index (χ3n) is 4.40. The van der Waals surface area contributed by atoms with E-state index in [0.29, 0.717) is 18.0 Å². The van der Waals surface area contributed by atoms with Gasteiger partial charge in [-0.1, -0.05) is 6.92 Å². The summed E-state index contributed by atoms with van der Waals surface area (Å²) in [5.41, 5.74) is 0. The summed E-state index contributed by atoms with van der Waals surface area (Å²) in [6.45, 7) is 4.89. The Morgan fingerprint density at radius 2 is 2.00 bits per heavy atom. The van der Waals surface area contributed by atoms with E-state index in [-0.39, 0.29) is 5.91 Å². The fourth-order valence-electron chi connectivity index (χ4n) is 3.22. The molecule has 0 aromatic heterocycles. The Balaban J connectivity index is 1.62. The zero-order chi connectivity index (χ0) is 13.0. The fourth-order valence-corrected chi connectivity index (χ4v) is 3.22. The SMILES string of the molecule is CCN(C)CCNC(=O)CC1CC2CCC(C1)N2. The van der Waals surface area contributed by atoms with Gasteiger partial charge in [-0.25, -0.2) is 0 Å². The molecule has 0 spiro atoms. The molecule has 0 radical (unpaired) electrons. The lowest BCUT2D eigenvalue weighted by Crippen LogP contribution is -2.40. The van der Waals surface area contributed by atoms with Gasteiger partial charge < -0.3 is 15.5 Å². The van der Waals surface area contributed by atoms with Gasteiger partial charge in [0, 0.05) is 31.6 Å². The number of nitrogens with zero attached hydrogens (tertiary/aromatic N) is 1. The maximum absolute atomic E-state index is 11.9. The largest absolute Gasteiger partial charge is 0.355 e. The molecular weight excluding hydrogens is 226 g/mol. The molecular formula is C14H27N3O. The monoisotopic (exact) mass is 253 g/mol. The molecule has 4 heteroatoms. The quantitative estimate of drug-likeness (QED) is 0.741. The van der Waals surface area contributed by atoms with Crippen LogP contribution in [0.3, 0.4) is 0 Å². The fraction of sp³-hybridized carbons (Fsp3) is 0.929. The molecule has 4 nitrogen and oxygen atoms in total.